The van der Waals surface area contributed by atoms with Crippen LogP contribution in [0.4, 0.5) is 5.69 Å². The van der Waals surface area contributed by atoms with Crippen molar-refractivity contribution in [3.63, 3.8) is 0 Å². The number of likely N-dealkylation sites (tertiary alicyclic amines) is 1. The summed E-state index contributed by atoms with van der Waals surface area (Å²) in [5.74, 6) is -0.247. The average molecular weight is 676 g/mol. The van der Waals surface area contributed by atoms with Crippen molar-refractivity contribution < 1.29 is 19.3 Å². The van der Waals surface area contributed by atoms with E-state index in [9.17, 15) is 19.7 Å². The number of fused-ring (bicyclic) bond motifs is 1. The summed E-state index contributed by atoms with van der Waals surface area (Å²) in [7, 11) is -3.16. The zero-order valence-electron chi connectivity index (χ0n) is 25.7. The van der Waals surface area contributed by atoms with Crippen LogP contribution in [-0.4, -0.2) is 48.0 Å². The first kappa shape index (κ1) is 32.4. The van der Waals surface area contributed by atoms with Gasteiger partial charge in [0.1, 0.15) is 6.10 Å². The highest BCUT2D eigenvalue weighted by atomic mass is 35.5. The predicted molar refractivity (Wildman–Crippen MR) is 184 cm³/mol. The molecule has 1 heterocycles. The lowest BCUT2D eigenvalue weighted by molar-refractivity contribution is -0.384. The van der Waals surface area contributed by atoms with Crippen LogP contribution in [0.5, 0.6) is 0 Å². The summed E-state index contributed by atoms with van der Waals surface area (Å²) in [4.78, 5) is 39.0. The molecule has 0 amide bonds. The monoisotopic (exact) mass is 674 g/mol. The molecule has 7 nitrogen and oxygen atoms in total. The van der Waals surface area contributed by atoms with E-state index in [4.69, 9.17) is 27.9 Å². The van der Waals surface area contributed by atoms with Gasteiger partial charge in [-0.1, -0.05) is 97.7 Å². The molecule has 3 atom stereocenters. The first-order valence-electron chi connectivity index (χ1n) is 15.5. The highest BCUT2D eigenvalue weighted by Crippen LogP contribution is 2.47. The third-order valence-electron chi connectivity index (χ3n) is 9.76. The van der Waals surface area contributed by atoms with E-state index in [0.29, 0.717) is 22.4 Å². The highest BCUT2D eigenvalue weighted by Gasteiger charge is 2.52. The molecule has 1 aliphatic heterocycles. The Morgan fingerprint density at radius 1 is 1.00 bits per heavy atom. The van der Waals surface area contributed by atoms with Crippen LogP contribution in [0.25, 0.3) is 0 Å². The number of nitrogens with zero attached hydrogens (tertiary/aromatic N) is 2. The summed E-state index contributed by atoms with van der Waals surface area (Å²) in [6, 6.07) is 29.0. The van der Waals surface area contributed by atoms with E-state index >= 15 is 0 Å². The first-order chi connectivity index (χ1) is 22.0. The van der Waals surface area contributed by atoms with E-state index in [-0.39, 0.29) is 22.3 Å². The molecular formula is C36H36Cl2N2O5Si. The molecule has 0 saturated carbocycles. The number of hydrogen-bond acceptors (Lipinski definition) is 6. The molecule has 0 aromatic heterocycles. The molecule has 238 valence electrons. The third-order valence-corrected chi connectivity index (χ3v) is 14.8. The minimum absolute atomic E-state index is 0.0975. The van der Waals surface area contributed by atoms with Crippen LogP contribution in [0.2, 0.25) is 15.1 Å². The van der Waals surface area contributed by atoms with Crippen LogP contribution in [0.3, 0.4) is 0 Å². The van der Waals surface area contributed by atoms with Gasteiger partial charge in [0, 0.05) is 34.3 Å². The number of nitro benzene ring substituents is 1. The van der Waals surface area contributed by atoms with E-state index in [2.05, 4.69) is 43.0 Å². The zero-order chi connectivity index (χ0) is 32.6. The molecule has 6 rings (SSSR count). The molecule has 4 aromatic carbocycles. The fraction of sp³-hybridized carbons (Fsp3) is 0.306. The van der Waals surface area contributed by atoms with E-state index in [1.165, 1.54) is 24.3 Å². The number of benzene rings is 4. The molecule has 0 bridgehead atoms. The van der Waals surface area contributed by atoms with Crippen molar-refractivity contribution in [2.24, 2.45) is 5.92 Å². The van der Waals surface area contributed by atoms with Crippen molar-refractivity contribution in [3.05, 3.63) is 134 Å². The van der Waals surface area contributed by atoms with Crippen LogP contribution in [0.1, 0.15) is 54.3 Å². The molecule has 0 unspecified atom stereocenters. The number of nitro groups is 1. The van der Waals surface area contributed by atoms with Gasteiger partial charge in [-0.05, 0) is 77.0 Å². The Balaban J connectivity index is 1.24. The second-order valence-electron chi connectivity index (χ2n) is 13.0. The molecule has 1 N–H and O–H groups in total. The lowest BCUT2D eigenvalue weighted by atomic mass is 9.95. The maximum absolute atomic E-state index is 13.4. The number of non-ortho nitro benzene ring substituents is 1. The standard InChI is InChI=1S/C36H36Cl2N2O5Si/c1-36(2,46(44,28-9-5-3-6-10-28)29-11-7-4-8-12-29)22-24-17-18-39(23-24)33-21-30-31(19-26(37)20-32(30)38)34(33)45-35(41)25-13-15-27(16-14-25)40(42)43/h3-16,19-20,24,33-34,44H,17-18,21-23H2,1-2H3/t24-,33-,34-/m0/s1. The van der Waals surface area contributed by atoms with E-state index < -0.39 is 25.3 Å². The zero-order valence-corrected chi connectivity index (χ0v) is 28.2. The Morgan fingerprint density at radius 3 is 2.20 bits per heavy atom. The second-order valence-corrected chi connectivity index (χ2v) is 17.8. The molecule has 10 heteroatoms. The number of esters is 1. The van der Waals surface area contributed by atoms with Crippen LogP contribution in [0.15, 0.2) is 97.1 Å². The van der Waals surface area contributed by atoms with E-state index in [1.807, 2.05) is 42.5 Å². The third kappa shape index (κ3) is 6.12. The topological polar surface area (TPSA) is 92.9 Å². The average Bonchev–Trinajstić information content (AvgIpc) is 3.65. The molecule has 2 aliphatic rings. The fourth-order valence-electron chi connectivity index (χ4n) is 7.49. The van der Waals surface area contributed by atoms with Gasteiger partial charge in [-0.25, -0.2) is 4.79 Å². The van der Waals surface area contributed by atoms with Crippen molar-refractivity contribution in [2.75, 3.05) is 13.1 Å². The Morgan fingerprint density at radius 2 is 1.61 bits per heavy atom. The quantitative estimate of drug-likeness (QED) is 0.0892. The Hall–Kier alpha value is -3.53. The summed E-state index contributed by atoms with van der Waals surface area (Å²) in [5, 5.41) is 13.7. The van der Waals surface area contributed by atoms with Crippen LogP contribution < -0.4 is 10.4 Å². The lowest BCUT2D eigenvalue weighted by Gasteiger charge is -2.42. The smallest absolute Gasteiger partial charge is 0.338 e. The Bertz CT molecular complexity index is 1700. The van der Waals surface area contributed by atoms with Crippen LogP contribution >= 0.6 is 23.2 Å². The van der Waals surface area contributed by atoms with Gasteiger partial charge in [-0.15, -0.1) is 0 Å². The number of hydrogen-bond donors (Lipinski definition) is 1. The largest absolute Gasteiger partial charge is 0.452 e. The summed E-state index contributed by atoms with van der Waals surface area (Å²) >= 11 is 13.1. The summed E-state index contributed by atoms with van der Waals surface area (Å²) < 4.78 is 6.16. The number of carbonyl (C=O) groups is 1. The molecule has 1 saturated heterocycles. The van der Waals surface area contributed by atoms with Crippen LogP contribution in [-0.2, 0) is 11.2 Å². The molecule has 4 aromatic rings. The van der Waals surface area contributed by atoms with Gasteiger partial charge in [0.2, 0.25) is 0 Å². The van der Waals surface area contributed by atoms with E-state index in [0.717, 1.165) is 47.4 Å². The summed E-state index contributed by atoms with van der Waals surface area (Å²) in [6.07, 6.45) is 1.77. The number of halogens is 2. The first-order valence-corrected chi connectivity index (χ1v) is 18.2. The lowest BCUT2D eigenvalue weighted by Crippen LogP contribution is -2.65. The maximum Gasteiger partial charge on any atom is 0.338 e. The van der Waals surface area contributed by atoms with Gasteiger partial charge < -0.3 is 9.53 Å². The minimum atomic E-state index is -3.16. The Kier molecular flexibility index (Phi) is 9.11. The molecule has 0 spiro atoms. The molecule has 1 fully saturated rings. The van der Waals surface area contributed by atoms with Crippen molar-refractivity contribution >= 4 is 53.5 Å². The number of carbonyl (C=O) groups excluding carboxylic acids is 1. The molecule has 0 radical (unpaired) electrons. The van der Waals surface area contributed by atoms with Crippen molar-refractivity contribution in [1.29, 1.82) is 0 Å². The highest BCUT2D eigenvalue weighted by molar-refractivity contribution is 6.98. The molecular weight excluding hydrogens is 639 g/mol. The SMILES string of the molecule is CC(C)(C[C@@H]1CCN([C@H]2Cc3c(Cl)cc(Cl)cc3[C@@H]2OC(=O)c2ccc([N+](=O)[O-])cc2)C1)[Si](O)(c1ccccc1)c1ccccc1. The van der Waals surface area contributed by atoms with Crippen molar-refractivity contribution in [3.8, 4) is 0 Å². The van der Waals surface area contributed by atoms with E-state index in [1.54, 1.807) is 6.07 Å². The minimum Gasteiger partial charge on any atom is -0.452 e. The van der Waals surface area contributed by atoms with Gasteiger partial charge in [-0.2, -0.15) is 0 Å². The van der Waals surface area contributed by atoms with Crippen molar-refractivity contribution in [1.82, 2.24) is 4.90 Å². The maximum atomic E-state index is 13.4. The number of rotatable bonds is 9. The van der Waals surface area contributed by atoms with Gasteiger partial charge >= 0.3 is 5.97 Å². The number of ether oxygens (including phenoxy) is 1. The van der Waals surface area contributed by atoms with Crippen molar-refractivity contribution in [2.45, 2.75) is 50.3 Å². The van der Waals surface area contributed by atoms with Gasteiger partial charge in [-0.3, -0.25) is 15.0 Å². The molecule has 1 aliphatic carbocycles. The van der Waals surface area contributed by atoms with Crippen LogP contribution in [0, 0.1) is 16.0 Å². The normalized spacial score (nSPS) is 20.0. The predicted octanol–water partition coefficient (Wildman–Crippen LogP) is 6.97. The molecule has 46 heavy (non-hydrogen) atoms. The summed E-state index contributed by atoms with van der Waals surface area (Å²) in [5.41, 5.74) is 1.84. The summed E-state index contributed by atoms with van der Waals surface area (Å²) in [6.45, 7) is 5.99. The van der Waals surface area contributed by atoms with Gasteiger partial charge in [0.25, 0.3) is 14.0 Å². The fourth-order valence-corrected chi connectivity index (χ4v) is 11.9. The Labute approximate surface area is 280 Å². The van der Waals surface area contributed by atoms with Gasteiger partial charge in [0.05, 0.1) is 16.5 Å². The van der Waals surface area contributed by atoms with Gasteiger partial charge in [0.15, 0.2) is 0 Å². The second kappa shape index (κ2) is 12.9.